The summed E-state index contributed by atoms with van der Waals surface area (Å²) in [5.41, 5.74) is 1.93. The second-order valence-corrected chi connectivity index (χ2v) is 12.5. The average molecular weight is 634 g/mol. The third-order valence-electron chi connectivity index (χ3n) is 7.06. The highest BCUT2D eigenvalue weighted by Crippen LogP contribution is 2.26. The normalized spacial score (nSPS) is 11.8. The summed E-state index contributed by atoms with van der Waals surface area (Å²) in [4.78, 5) is 29.5. The van der Waals surface area contributed by atoms with Crippen LogP contribution < -0.4 is 14.4 Å². The number of nitrogens with zero attached hydrogens (tertiary/aromatic N) is 2. The van der Waals surface area contributed by atoms with Crippen molar-refractivity contribution in [2.45, 2.75) is 37.2 Å². The highest BCUT2D eigenvalue weighted by molar-refractivity contribution is 7.92. The van der Waals surface area contributed by atoms with Crippen LogP contribution in [0.5, 0.6) is 5.75 Å². The molecule has 0 heterocycles. The van der Waals surface area contributed by atoms with Crippen LogP contribution in [0.1, 0.15) is 24.5 Å². The molecule has 0 bridgehead atoms. The highest BCUT2D eigenvalue weighted by Gasteiger charge is 2.34. The molecule has 0 aliphatic rings. The maximum atomic E-state index is 14.4. The molecule has 10 heteroatoms. The van der Waals surface area contributed by atoms with Crippen molar-refractivity contribution in [3.63, 3.8) is 0 Å². The highest BCUT2D eigenvalue weighted by atomic mass is 35.5. The number of nitrogens with one attached hydrogen (secondary N) is 1. The maximum Gasteiger partial charge on any atom is 0.264 e. The number of methoxy groups -OCH3 is 1. The van der Waals surface area contributed by atoms with Gasteiger partial charge in [0.1, 0.15) is 18.3 Å². The lowest BCUT2D eigenvalue weighted by Crippen LogP contribution is -2.53. The largest absolute Gasteiger partial charge is 0.497 e. The first-order chi connectivity index (χ1) is 21.2. The second-order valence-electron chi connectivity index (χ2n) is 10.2. The zero-order valence-electron chi connectivity index (χ0n) is 24.7. The second kappa shape index (κ2) is 15.4. The van der Waals surface area contributed by atoms with Gasteiger partial charge in [0.2, 0.25) is 11.8 Å². The number of benzene rings is 4. The number of rotatable bonds is 14. The Hall–Kier alpha value is -4.34. The van der Waals surface area contributed by atoms with E-state index >= 15 is 0 Å². The van der Waals surface area contributed by atoms with E-state index in [1.807, 2.05) is 37.3 Å². The Labute approximate surface area is 264 Å². The summed E-state index contributed by atoms with van der Waals surface area (Å²) in [6.45, 7) is 1.93. The van der Waals surface area contributed by atoms with Crippen LogP contribution in [0.15, 0.2) is 114 Å². The van der Waals surface area contributed by atoms with E-state index < -0.39 is 28.5 Å². The Morgan fingerprint density at radius 3 is 2.05 bits per heavy atom. The Morgan fingerprint density at radius 1 is 0.841 bits per heavy atom. The quantitative estimate of drug-likeness (QED) is 0.192. The molecule has 4 aromatic rings. The topological polar surface area (TPSA) is 96.0 Å². The number of anilines is 1. The monoisotopic (exact) mass is 633 g/mol. The Bertz CT molecular complexity index is 1620. The van der Waals surface area contributed by atoms with Gasteiger partial charge in [0.25, 0.3) is 10.0 Å². The van der Waals surface area contributed by atoms with Gasteiger partial charge in [0.15, 0.2) is 0 Å². The molecule has 8 nitrogen and oxygen atoms in total. The molecule has 2 amide bonds. The molecule has 0 saturated carbocycles. The van der Waals surface area contributed by atoms with Crippen LogP contribution in [0.25, 0.3) is 0 Å². The van der Waals surface area contributed by atoms with E-state index in [-0.39, 0.29) is 23.8 Å². The van der Waals surface area contributed by atoms with Gasteiger partial charge in [-0.15, -0.1) is 0 Å². The summed E-state index contributed by atoms with van der Waals surface area (Å²) in [5, 5.41) is 3.47. The standard InChI is InChI=1S/C34H36ClN3O5S/c1-3-22-36-34(40)32(23-26-10-6-4-7-11-26)37(24-27-14-16-28(35)17-15-27)33(39)25-38(29-12-8-5-9-13-29)44(41,42)31-20-18-30(43-2)19-21-31/h4-21,32H,3,22-25H2,1-2H3,(H,36,40)/t32-/m1/s1. The summed E-state index contributed by atoms with van der Waals surface area (Å²) < 4.78 is 34.4. The minimum absolute atomic E-state index is 0.000675. The zero-order chi connectivity index (χ0) is 31.5. The number of hydrogen-bond donors (Lipinski definition) is 1. The smallest absolute Gasteiger partial charge is 0.264 e. The Kier molecular flexibility index (Phi) is 11.4. The molecule has 230 valence electrons. The van der Waals surface area contributed by atoms with E-state index in [1.54, 1.807) is 66.7 Å². The molecule has 4 aromatic carbocycles. The number of halogens is 1. The summed E-state index contributed by atoms with van der Waals surface area (Å²) in [6, 6.07) is 30.0. The molecule has 0 aromatic heterocycles. The Morgan fingerprint density at radius 2 is 1.45 bits per heavy atom. The van der Waals surface area contributed by atoms with E-state index in [9.17, 15) is 18.0 Å². The van der Waals surface area contributed by atoms with Crippen molar-refractivity contribution >= 4 is 39.1 Å². The van der Waals surface area contributed by atoms with Gasteiger partial charge >= 0.3 is 0 Å². The molecule has 0 aliphatic heterocycles. The molecular formula is C34H36ClN3O5S. The van der Waals surface area contributed by atoms with Crippen molar-refractivity contribution < 1.29 is 22.7 Å². The lowest BCUT2D eigenvalue weighted by Gasteiger charge is -2.34. The van der Waals surface area contributed by atoms with E-state index in [0.29, 0.717) is 23.0 Å². The van der Waals surface area contributed by atoms with Crippen LogP contribution in [0.3, 0.4) is 0 Å². The molecule has 0 saturated heterocycles. The molecule has 0 unspecified atom stereocenters. The number of ether oxygens (including phenoxy) is 1. The summed E-state index contributed by atoms with van der Waals surface area (Å²) in [5.74, 6) is -0.349. The fraction of sp³-hybridized carbons (Fsp3) is 0.235. The molecule has 0 radical (unpaired) electrons. The fourth-order valence-corrected chi connectivity index (χ4v) is 6.24. The van der Waals surface area contributed by atoms with Gasteiger partial charge in [-0.1, -0.05) is 79.2 Å². The van der Waals surface area contributed by atoms with Gasteiger partial charge in [0, 0.05) is 24.5 Å². The summed E-state index contributed by atoms with van der Waals surface area (Å²) in [7, 11) is -2.70. The zero-order valence-corrected chi connectivity index (χ0v) is 26.3. The third kappa shape index (κ3) is 8.39. The van der Waals surface area contributed by atoms with Crippen molar-refractivity contribution in [1.82, 2.24) is 10.2 Å². The van der Waals surface area contributed by atoms with E-state index in [1.165, 1.54) is 24.1 Å². The van der Waals surface area contributed by atoms with Crippen LogP contribution in [-0.4, -0.2) is 51.4 Å². The summed E-state index contributed by atoms with van der Waals surface area (Å²) >= 11 is 6.13. The van der Waals surface area contributed by atoms with E-state index in [2.05, 4.69) is 5.32 Å². The molecule has 44 heavy (non-hydrogen) atoms. The number of carbonyl (C=O) groups is 2. The van der Waals surface area contributed by atoms with Crippen molar-refractivity contribution in [1.29, 1.82) is 0 Å². The minimum atomic E-state index is -4.19. The minimum Gasteiger partial charge on any atom is -0.497 e. The predicted octanol–water partition coefficient (Wildman–Crippen LogP) is 5.71. The number of amides is 2. The predicted molar refractivity (Wildman–Crippen MR) is 173 cm³/mol. The molecule has 0 fully saturated rings. The van der Waals surface area contributed by atoms with Gasteiger partial charge < -0.3 is 15.0 Å². The van der Waals surface area contributed by atoms with Crippen molar-refractivity contribution in [3.8, 4) is 5.75 Å². The molecular weight excluding hydrogens is 598 g/mol. The number of sulfonamides is 1. The van der Waals surface area contributed by atoms with Crippen LogP contribution >= 0.6 is 11.6 Å². The first kappa shape index (κ1) is 32.6. The van der Waals surface area contributed by atoms with Gasteiger partial charge in [-0.25, -0.2) is 8.42 Å². The number of hydrogen-bond acceptors (Lipinski definition) is 5. The third-order valence-corrected chi connectivity index (χ3v) is 9.10. The fourth-order valence-electron chi connectivity index (χ4n) is 4.70. The van der Waals surface area contributed by atoms with Gasteiger partial charge in [-0.2, -0.15) is 0 Å². The average Bonchev–Trinajstić information content (AvgIpc) is 3.05. The maximum absolute atomic E-state index is 14.4. The van der Waals surface area contributed by atoms with Gasteiger partial charge in [0.05, 0.1) is 17.7 Å². The van der Waals surface area contributed by atoms with Crippen molar-refractivity contribution in [3.05, 3.63) is 125 Å². The van der Waals surface area contributed by atoms with Crippen molar-refractivity contribution in [2.75, 3.05) is 24.5 Å². The van der Waals surface area contributed by atoms with E-state index in [0.717, 1.165) is 21.9 Å². The van der Waals surface area contributed by atoms with Crippen LogP contribution in [-0.2, 0) is 32.6 Å². The first-order valence-corrected chi connectivity index (χ1v) is 16.1. The first-order valence-electron chi connectivity index (χ1n) is 14.3. The van der Waals surface area contributed by atoms with Gasteiger partial charge in [-0.05, 0) is 66.1 Å². The van der Waals surface area contributed by atoms with E-state index in [4.69, 9.17) is 16.3 Å². The molecule has 1 N–H and O–H groups in total. The van der Waals surface area contributed by atoms with Crippen LogP contribution in [0, 0.1) is 0 Å². The SMILES string of the molecule is CCCNC(=O)[C@@H](Cc1ccccc1)N(Cc1ccc(Cl)cc1)C(=O)CN(c1ccccc1)S(=O)(=O)c1ccc(OC)cc1. The van der Waals surface area contributed by atoms with Gasteiger partial charge in [-0.3, -0.25) is 13.9 Å². The van der Waals surface area contributed by atoms with Crippen LogP contribution in [0.2, 0.25) is 5.02 Å². The number of carbonyl (C=O) groups excluding carboxylic acids is 2. The molecule has 0 spiro atoms. The van der Waals surface area contributed by atoms with Crippen molar-refractivity contribution in [2.24, 2.45) is 0 Å². The lowest BCUT2D eigenvalue weighted by atomic mass is 10.0. The molecule has 1 atom stereocenters. The lowest BCUT2D eigenvalue weighted by molar-refractivity contribution is -0.140. The molecule has 0 aliphatic carbocycles. The Balaban J connectivity index is 1.77. The number of para-hydroxylation sites is 1. The molecule has 4 rings (SSSR count). The van der Waals surface area contributed by atoms with Crippen LogP contribution in [0.4, 0.5) is 5.69 Å². The summed E-state index contributed by atoms with van der Waals surface area (Å²) in [6.07, 6.45) is 0.961.